The molecule has 11 heteroatoms. The Bertz CT molecular complexity index is 1300. The van der Waals surface area contributed by atoms with E-state index in [4.69, 9.17) is 4.74 Å². The monoisotopic (exact) mass is 508 g/mol. The molecular formula is C26H29FN6O4. The van der Waals surface area contributed by atoms with Crippen LogP contribution in [0.5, 0.6) is 0 Å². The number of aromatic nitrogens is 3. The first-order valence-corrected chi connectivity index (χ1v) is 12.5. The maximum atomic E-state index is 13.6. The summed E-state index contributed by atoms with van der Waals surface area (Å²) < 4.78 is 20.7. The molecule has 2 amide bonds. The van der Waals surface area contributed by atoms with Crippen LogP contribution in [0.15, 0.2) is 36.5 Å². The predicted octanol–water partition coefficient (Wildman–Crippen LogP) is 5.41. The fourth-order valence-electron chi connectivity index (χ4n) is 4.91. The molecule has 0 bridgehead atoms. The standard InChI is InChI=1S/C26H29FN6O4/c1-3-5-16(4-2)21-10-22(17-6-8-19(27)9-7-17)28-25(24(21)33(35)36)29-26(34)31-11-18-12-32(20-14-37-15-20)30-23(18)13-31/h6-10,12,16,20H,3-5,11,13-15H2,1-2H3,(H,28,29,34). The topological polar surface area (TPSA) is 115 Å². The number of carbonyl (C=O) groups is 1. The van der Waals surface area contributed by atoms with E-state index in [9.17, 15) is 19.3 Å². The van der Waals surface area contributed by atoms with E-state index in [-0.39, 0.29) is 23.5 Å². The highest BCUT2D eigenvalue weighted by molar-refractivity contribution is 5.92. The Labute approximate surface area is 213 Å². The molecule has 10 nitrogen and oxygen atoms in total. The fourth-order valence-corrected chi connectivity index (χ4v) is 4.91. The zero-order valence-corrected chi connectivity index (χ0v) is 20.8. The van der Waals surface area contributed by atoms with Gasteiger partial charge in [-0.15, -0.1) is 0 Å². The Kier molecular flexibility index (Phi) is 6.88. The average molecular weight is 509 g/mol. The number of nitrogens with one attached hydrogen (secondary N) is 1. The quantitative estimate of drug-likeness (QED) is 0.322. The summed E-state index contributed by atoms with van der Waals surface area (Å²) in [4.78, 5) is 31.1. The lowest BCUT2D eigenvalue weighted by molar-refractivity contribution is -0.385. The molecule has 3 aromatic rings. The number of urea groups is 1. The van der Waals surface area contributed by atoms with Crippen LogP contribution in [0.4, 0.5) is 20.7 Å². The molecule has 1 fully saturated rings. The molecule has 194 valence electrons. The van der Waals surface area contributed by atoms with Gasteiger partial charge in [0.1, 0.15) is 5.82 Å². The molecule has 1 unspecified atom stereocenters. The lowest BCUT2D eigenvalue weighted by Gasteiger charge is -2.26. The first kappa shape index (κ1) is 24.8. The average Bonchev–Trinajstić information content (AvgIpc) is 3.40. The second-order valence-corrected chi connectivity index (χ2v) is 9.51. The number of anilines is 1. The Balaban J connectivity index is 1.46. The van der Waals surface area contributed by atoms with E-state index in [1.54, 1.807) is 23.1 Å². The van der Waals surface area contributed by atoms with Gasteiger partial charge >= 0.3 is 11.7 Å². The van der Waals surface area contributed by atoms with E-state index in [2.05, 4.69) is 15.4 Å². The lowest BCUT2D eigenvalue weighted by atomic mass is 9.90. The van der Waals surface area contributed by atoms with Crippen LogP contribution in [0.1, 0.15) is 61.9 Å². The second-order valence-electron chi connectivity index (χ2n) is 9.51. The number of amides is 2. The van der Waals surface area contributed by atoms with Crippen LogP contribution >= 0.6 is 0 Å². The number of nitrogens with zero attached hydrogens (tertiary/aromatic N) is 5. The van der Waals surface area contributed by atoms with Crippen LogP contribution in [0.3, 0.4) is 0 Å². The summed E-state index contributed by atoms with van der Waals surface area (Å²) in [5.41, 5.74) is 3.11. The minimum Gasteiger partial charge on any atom is -0.377 e. The molecule has 1 saturated heterocycles. The van der Waals surface area contributed by atoms with E-state index in [0.29, 0.717) is 49.5 Å². The number of benzene rings is 1. The third kappa shape index (κ3) is 4.91. The molecule has 0 saturated carbocycles. The molecular weight excluding hydrogens is 479 g/mol. The number of pyridine rings is 1. The van der Waals surface area contributed by atoms with Crippen molar-refractivity contribution in [3.8, 4) is 11.3 Å². The van der Waals surface area contributed by atoms with E-state index < -0.39 is 16.8 Å². The first-order valence-electron chi connectivity index (χ1n) is 12.5. The van der Waals surface area contributed by atoms with Crippen molar-refractivity contribution in [2.45, 2.75) is 58.2 Å². The lowest BCUT2D eigenvalue weighted by Crippen LogP contribution is -2.33. The van der Waals surface area contributed by atoms with E-state index in [1.165, 1.54) is 12.1 Å². The van der Waals surface area contributed by atoms with Crippen molar-refractivity contribution < 1.29 is 18.8 Å². The van der Waals surface area contributed by atoms with Gasteiger partial charge in [-0.25, -0.2) is 14.2 Å². The van der Waals surface area contributed by atoms with Crippen molar-refractivity contribution in [1.29, 1.82) is 0 Å². The molecule has 1 aromatic carbocycles. The number of halogens is 1. The SMILES string of the molecule is CCCC(CC)c1cc(-c2ccc(F)cc2)nc(NC(=O)N2Cc3cn(C4COC4)nc3C2)c1[N+](=O)[O-]. The van der Waals surface area contributed by atoms with Crippen LogP contribution in [0, 0.1) is 15.9 Å². The van der Waals surface area contributed by atoms with Crippen molar-refractivity contribution in [3.63, 3.8) is 0 Å². The molecule has 0 aliphatic carbocycles. The van der Waals surface area contributed by atoms with Crippen molar-refractivity contribution in [2.75, 3.05) is 18.5 Å². The van der Waals surface area contributed by atoms with Crippen LogP contribution in [-0.2, 0) is 17.8 Å². The number of fused-ring (bicyclic) bond motifs is 1. The van der Waals surface area contributed by atoms with E-state index in [1.807, 2.05) is 24.7 Å². The van der Waals surface area contributed by atoms with Gasteiger partial charge in [0.05, 0.1) is 48.7 Å². The third-order valence-electron chi connectivity index (χ3n) is 7.02. The normalized spacial score (nSPS) is 15.8. The molecule has 4 heterocycles. The predicted molar refractivity (Wildman–Crippen MR) is 135 cm³/mol. The van der Waals surface area contributed by atoms with Gasteiger partial charge in [0.2, 0.25) is 5.82 Å². The minimum atomic E-state index is -0.488. The number of hydrogen-bond donors (Lipinski definition) is 1. The summed E-state index contributed by atoms with van der Waals surface area (Å²) >= 11 is 0. The summed E-state index contributed by atoms with van der Waals surface area (Å²) in [5.74, 6) is -0.588. The third-order valence-corrected chi connectivity index (χ3v) is 7.02. The molecule has 1 atom stereocenters. The summed E-state index contributed by atoms with van der Waals surface area (Å²) in [6.07, 6.45) is 4.22. The Morgan fingerprint density at radius 3 is 2.62 bits per heavy atom. The van der Waals surface area contributed by atoms with Crippen LogP contribution < -0.4 is 5.32 Å². The number of ether oxygens (including phenoxy) is 1. The highest BCUT2D eigenvalue weighted by atomic mass is 19.1. The molecule has 2 aliphatic heterocycles. The maximum Gasteiger partial charge on any atom is 0.323 e. The zero-order chi connectivity index (χ0) is 26.1. The number of rotatable bonds is 8. The summed E-state index contributed by atoms with van der Waals surface area (Å²) in [7, 11) is 0. The van der Waals surface area contributed by atoms with Crippen molar-refractivity contribution in [1.82, 2.24) is 19.7 Å². The fraction of sp³-hybridized carbons (Fsp3) is 0.423. The minimum absolute atomic E-state index is 0.0876. The van der Waals surface area contributed by atoms with Gasteiger partial charge in [-0.2, -0.15) is 5.10 Å². The van der Waals surface area contributed by atoms with Crippen LogP contribution in [0.2, 0.25) is 0 Å². The largest absolute Gasteiger partial charge is 0.377 e. The van der Waals surface area contributed by atoms with Gasteiger partial charge in [0.15, 0.2) is 0 Å². The van der Waals surface area contributed by atoms with Crippen LogP contribution in [0.25, 0.3) is 11.3 Å². The maximum absolute atomic E-state index is 13.6. The zero-order valence-electron chi connectivity index (χ0n) is 20.8. The smallest absolute Gasteiger partial charge is 0.323 e. The number of hydrogen-bond acceptors (Lipinski definition) is 6. The Morgan fingerprint density at radius 2 is 2.03 bits per heavy atom. The second kappa shape index (κ2) is 10.3. The van der Waals surface area contributed by atoms with Gasteiger partial charge in [-0.3, -0.25) is 20.1 Å². The van der Waals surface area contributed by atoms with Gasteiger partial charge in [0.25, 0.3) is 0 Å². The molecule has 0 spiro atoms. The molecule has 5 rings (SSSR count). The molecule has 2 aliphatic rings. The van der Waals surface area contributed by atoms with E-state index in [0.717, 1.165) is 24.1 Å². The van der Waals surface area contributed by atoms with Crippen LogP contribution in [-0.4, -0.2) is 43.8 Å². The molecule has 2 aromatic heterocycles. The van der Waals surface area contributed by atoms with Gasteiger partial charge in [-0.1, -0.05) is 20.3 Å². The van der Waals surface area contributed by atoms with Gasteiger partial charge < -0.3 is 9.64 Å². The summed E-state index contributed by atoms with van der Waals surface area (Å²) in [6.45, 7) is 5.91. The Hall–Kier alpha value is -3.86. The number of nitro groups is 1. The highest BCUT2D eigenvalue weighted by Crippen LogP contribution is 2.39. The van der Waals surface area contributed by atoms with Crippen molar-refractivity contribution >= 4 is 17.5 Å². The van der Waals surface area contributed by atoms with E-state index >= 15 is 0 Å². The molecule has 0 radical (unpaired) electrons. The van der Waals surface area contributed by atoms with Crippen molar-refractivity contribution in [3.05, 3.63) is 69.3 Å². The highest BCUT2D eigenvalue weighted by Gasteiger charge is 2.33. The van der Waals surface area contributed by atoms with Crippen molar-refractivity contribution in [2.24, 2.45) is 0 Å². The first-order chi connectivity index (χ1) is 17.9. The Morgan fingerprint density at radius 1 is 1.27 bits per heavy atom. The van der Waals surface area contributed by atoms with Gasteiger partial charge in [0, 0.05) is 22.9 Å². The van der Waals surface area contributed by atoms with Gasteiger partial charge in [-0.05, 0) is 49.1 Å². The molecule has 37 heavy (non-hydrogen) atoms. The summed E-state index contributed by atoms with van der Waals surface area (Å²) in [6, 6.07) is 7.21. The molecule has 1 N–H and O–H groups in total. The number of carbonyl (C=O) groups excluding carboxylic acids is 1. The summed E-state index contributed by atoms with van der Waals surface area (Å²) in [5, 5.41) is 19.6.